The van der Waals surface area contributed by atoms with E-state index in [1.54, 1.807) is 0 Å². The molecule has 2 N–H and O–H groups in total. The van der Waals surface area contributed by atoms with Gasteiger partial charge in [0.25, 0.3) is 0 Å². The average molecular weight is 367 g/mol. The number of nitrogens with two attached hydrogens (primary N) is 1. The molecule has 0 saturated carbocycles. The molecule has 1 heterocycles. The fourth-order valence-corrected chi connectivity index (χ4v) is 2.39. The zero-order valence-corrected chi connectivity index (χ0v) is 13.9. The summed E-state index contributed by atoms with van der Waals surface area (Å²) in [6.45, 7) is 8.20. The summed E-state index contributed by atoms with van der Waals surface area (Å²) in [5, 5.41) is 0. The van der Waals surface area contributed by atoms with E-state index in [2.05, 4.69) is 36.6 Å². The Morgan fingerprint density at radius 1 is 1.41 bits per heavy atom. The molecule has 1 aliphatic heterocycles. The highest BCUT2D eigenvalue weighted by atomic mass is 127. The molecule has 0 spiro atoms. The molecule has 0 amide bonds. The summed E-state index contributed by atoms with van der Waals surface area (Å²) in [5.41, 5.74) is 5.95. The molecule has 98 valence electrons. The van der Waals surface area contributed by atoms with Crippen molar-refractivity contribution >= 4 is 41.7 Å². The molecule has 0 aromatic carbocycles. The molecule has 1 fully saturated rings. The Bertz CT molecular complexity index is 298. The van der Waals surface area contributed by atoms with Crippen LogP contribution in [0.3, 0.4) is 0 Å². The third kappa shape index (κ3) is 5.38. The van der Waals surface area contributed by atoms with Gasteiger partial charge < -0.3 is 10.6 Å². The van der Waals surface area contributed by atoms with Gasteiger partial charge in [-0.1, -0.05) is 26.7 Å². The van der Waals surface area contributed by atoms with E-state index >= 15 is 0 Å². The largest absolute Gasteiger partial charge is 0.370 e. The van der Waals surface area contributed by atoms with E-state index in [0.717, 1.165) is 24.6 Å². The van der Waals surface area contributed by atoms with Crippen LogP contribution in [0.15, 0.2) is 4.99 Å². The molecule has 0 bridgehead atoms. The number of hydrogen-bond acceptors (Lipinski definition) is 2. The van der Waals surface area contributed by atoms with Gasteiger partial charge in [-0.2, -0.15) is 11.8 Å². The normalized spacial score (nSPS) is 19.2. The van der Waals surface area contributed by atoms with Crippen LogP contribution in [-0.4, -0.2) is 41.5 Å². The van der Waals surface area contributed by atoms with Crippen molar-refractivity contribution in [2.75, 3.05) is 24.6 Å². The number of rotatable bonds is 1. The van der Waals surface area contributed by atoms with Crippen molar-refractivity contribution in [2.24, 2.45) is 16.1 Å². The van der Waals surface area contributed by atoms with Crippen molar-refractivity contribution in [2.45, 2.75) is 26.8 Å². The summed E-state index contributed by atoms with van der Waals surface area (Å²) in [7, 11) is 0. The van der Waals surface area contributed by atoms with Gasteiger partial charge in [0.2, 0.25) is 0 Å². The topological polar surface area (TPSA) is 41.6 Å². The Kier molecular flexibility index (Phi) is 7.33. The maximum absolute atomic E-state index is 5.99. The maximum atomic E-state index is 5.99. The van der Waals surface area contributed by atoms with Crippen LogP contribution < -0.4 is 5.73 Å². The first-order valence-electron chi connectivity index (χ1n) is 5.57. The highest BCUT2D eigenvalue weighted by molar-refractivity contribution is 14.0. The minimum absolute atomic E-state index is 0. The zero-order valence-electron chi connectivity index (χ0n) is 10.8. The van der Waals surface area contributed by atoms with Crippen molar-refractivity contribution in [1.82, 2.24) is 4.90 Å². The number of thioether (sulfide) groups is 1. The predicted octanol–water partition coefficient (Wildman–Crippen LogP) is 2.02. The minimum atomic E-state index is -0.151. The number of guanidine groups is 1. The van der Waals surface area contributed by atoms with Gasteiger partial charge in [0.15, 0.2) is 5.96 Å². The molecule has 3 nitrogen and oxygen atoms in total. The average Bonchev–Trinajstić information content (AvgIpc) is 2.25. The van der Waals surface area contributed by atoms with Crippen LogP contribution in [0.25, 0.3) is 0 Å². The summed E-state index contributed by atoms with van der Waals surface area (Å²) < 4.78 is 0. The molecule has 17 heavy (non-hydrogen) atoms. The van der Waals surface area contributed by atoms with Crippen molar-refractivity contribution in [1.29, 1.82) is 0 Å². The summed E-state index contributed by atoms with van der Waals surface area (Å²) in [5.74, 6) is 5.54. The van der Waals surface area contributed by atoms with E-state index in [4.69, 9.17) is 12.2 Å². The molecule has 1 unspecified atom stereocenters. The van der Waals surface area contributed by atoms with Crippen LogP contribution in [0, 0.1) is 17.8 Å². The van der Waals surface area contributed by atoms with E-state index in [0.29, 0.717) is 5.96 Å². The van der Waals surface area contributed by atoms with Crippen LogP contribution in [0.1, 0.15) is 20.8 Å². The second-order valence-electron chi connectivity index (χ2n) is 5.02. The SMILES string of the molecule is C#CC(N=C(N)N1CCSCC1)C(C)(C)C.I. The first-order valence-corrected chi connectivity index (χ1v) is 6.72. The Morgan fingerprint density at radius 3 is 2.35 bits per heavy atom. The second-order valence-corrected chi connectivity index (χ2v) is 6.25. The quantitative estimate of drug-likeness (QED) is 0.334. The lowest BCUT2D eigenvalue weighted by molar-refractivity contribution is 0.368. The number of terminal acetylenes is 1. The maximum Gasteiger partial charge on any atom is 0.192 e. The number of aliphatic imine (C=N–C) groups is 1. The molecular weight excluding hydrogens is 345 g/mol. The van der Waals surface area contributed by atoms with Gasteiger partial charge in [-0.15, -0.1) is 30.4 Å². The van der Waals surface area contributed by atoms with Gasteiger partial charge in [0.05, 0.1) is 0 Å². The molecule has 0 aromatic rings. The number of nitrogens with zero attached hydrogens (tertiary/aromatic N) is 2. The second kappa shape index (κ2) is 7.37. The van der Waals surface area contributed by atoms with Crippen molar-refractivity contribution in [3.8, 4) is 12.3 Å². The summed E-state index contributed by atoms with van der Waals surface area (Å²) in [4.78, 5) is 6.58. The van der Waals surface area contributed by atoms with Crippen LogP contribution in [0.4, 0.5) is 0 Å². The Labute approximate surface area is 126 Å². The third-order valence-corrected chi connectivity index (χ3v) is 3.52. The molecule has 1 rings (SSSR count). The molecule has 1 saturated heterocycles. The lowest BCUT2D eigenvalue weighted by Gasteiger charge is -2.29. The zero-order chi connectivity index (χ0) is 12.2. The van der Waals surface area contributed by atoms with Gasteiger partial charge in [0, 0.05) is 24.6 Å². The molecule has 0 aliphatic carbocycles. The van der Waals surface area contributed by atoms with E-state index in [9.17, 15) is 0 Å². The smallest absolute Gasteiger partial charge is 0.192 e. The predicted molar refractivity (Wildman–Crippen MR) is 88.0 cm³/mol. The van der Waals surface area contributed by atoms with Crippen molar-refractivity contribution in [3.05, 3.63) is 0 Å². The molecule has 1 aliphatic rings. The summed E-state index contributed by atoms with van der Waals surface area (Å²) in [6, 6.07) is -0.151. The highest BCUT2D eigenvalue weighted by Gasteiger charge is 2.23. The van der Waals surface area contributed by atoms with E-state index in [-0.39, 0.29) is 35.4 Å². The Hall–Kier alpha value is -0.0900. The summed E-state index contributed by atoms with van der Waals surface area (Å²) >= 11 is 1.95. The molecule has 0 aromatic heterocycles. The van der Waals surface area contributed by atoms with E-state index < -0.39 is 0 Å². The molecule has 5 heteroatoms. The van der Waals surface area contributed by atoms with Crippen molar-refractivity contribution in [3.63, 3.8) is 0 Å². The minimum Gasteiger partial charge on any atom is -0.370 e. The Morgan fingerprint density at radius 2 is 1.94 bits per heavy atom. The van der Waals surface area contributed by atoms with Crippen LogP contribution in [0.2, 0.25) is 0 Å². The van der Waals surface area contributed by atoms with E-state index in [1.165, 1.54) is 0 Å². The van der Waals surface area contributed by atoms with Gasteiger partial charge in [0.1, 0.15) is 6.04 Å². The van der Waals surface area contributed by atoms with Gasteiger partial charge in [-0.05, 0) is 5.41 Å². The molecule has 1 atom stereocenters. The van der Waals surface area contributed by atoms with Crippen LogP contribution in [-0.2, 0) is 0 Å². The monoisotopic (exact) mass is 367 g/mol. The lowest BCUT2D eigenvalue weighted by Crippen LogP contribution is -2.44. The van der Waals surface area contributed by atoms with Gasteiger partial charge in [-0.25, -0.2) is 4.99 Å². The highest BCUT2D eigenvalue weighted by Crippen LogP contribution is 2.22. The fourth-order valence-electron chi connectivity index (χ4n) is 1.49. The van der Waals surface area contributed by atoms with Gasteiger partial charge in [-0.3, -0.25) is 0 Å². The number of halogens is 1. The van der Waals surface area contributed by atoms with Crippen molar-refractivity contribution < 1.29 is 0 Å². The standard InChI is InChI=1S/C12H21N3S.HI/c1-5-10(12(2,3)4)14-11(13)15-6-8-16-9-7-15;/h1,10H,6-9H2,2-4H3,(H2,13,14);1H. The summed E-state index contributed by atoms with van der Waals surface area (Å²) in [6.07, 6.45) is 5.50. The van der Waals surface area contributed by atoms with E-state index in [1.807, 2.05) is 11.8 Å². The third-order valence-electron chi connectivity index (χ3n) is 2.57. The van der Waals surface area contributed by atoms with Crippen LogP contribution >= 0.6 is 35.7 Å². The lowest BCUT2D eigenvalue weighted by atomic mass is 9.88. The fraction of sp³-hybridized carbons (Fsp3) is 0.750. The van der Waals surface area contributed by atoms with Crippen LogP contribution in [0.5, 0.6) is 0 Å². The first kappa shape index (κ1) is 16.9. The molecular formula is C12H22IN3S. The van der Waals surface area contributed by atoms with Gasteiger partial charge >= 0.3 is 0 Å². The molecule has 0 radical (unpaired) electrons. The number of hydrogen-bond donors (Lipinski definition) is 1. The first-order chi connectivity index (χ1) is 7.45. The Balaban J connectivity index is 0.00000256.